The minimum Gasteiger partial charge on any atom is -0.516 e. The van der Waals surface area contributed by atoms with Gasteiger partial charge in [0.05, 0.1) is 6.26 Å². The molecule has 1 aliphatic heterocycles. The lowest BCUT2D eigenvalue weighted by Crippen LogP contribution is -2.18. The summed E-state index contributed by atoms with van der Waals surface area (Å²) >= 11 is 0. The van der Waals surface area contributed by atoms with Crippen molar-refractivity contribution >= 4 is 0 Å². The molecule has 0 radical (unpaired) electrons. The normalized spacial score (nSPS) is 21.8. The number of likely N-dealkylation sites (tertiary alicyclic amines) is 1. The van der Waals surface area contributed by atoms with Gasteiger partial charge in [-0.2, -0.15) is 0 Å². The molecule has 1 rings (SSSR count). The molecule has 0 bridgehead atoms. The Morgan fingerprint density at radius 3 is 2.56 bits per heavy atom. The summed E-state index contributed by atoms with van der Waals surface area (Å²) in [6, 6.07) is 0. The quantitative estimate of drug-likeness (QED) is 0.562. The summed E-state index contributed by atoms with van der Waals surface area (Å²) in [6.45, 7) is 3.31. The number of hydrogen-bond acceptors (Lipinski definition) is 2. The summed E-state index contributed by atoms with van der Waals surface area (Å²) in [5.41, 5.74) is 0. The first-order chi connectivity index (χ1) is 4.43. The molecule has 0 aliphatic carbocycles. The van der Waals surface area contributed by atoms with Crippen LogP contribution in [0.25, 0.3) is 0 Å². The van der Waals surface area contributed by atoms with Crippen LogP contribution in [0.1, 0.15) is 12.8 Å². The summed E-state index contributed by atoms with van der Waals surface area (Å²) in [6.07, 6.45) is 5.54. The molecule has 1 aliphatic rings. The molecule has 0 aromatic carbocycles. The lowest BCUT2D eigenvalue weighted by Gasteiger charge is -2.09. The molecule has 0 spiro atoms. The van der Waals surface area contributed by atoms with Crippen molar-refractivity contribution in [2.75, 3.05) is 19.6 Å². The standard InChI is InChI=1S/C7H13NO/c9-7-3-6-8-4-1-2-5-8/h3,7,9H,1-2,4-6H2. The maximum absolute atomic E-state index is 8.32. The van der Waals surface area contributed by atoms with E-state index in [1.54, 1.807) is 6.08 Å². The third-order valence-electron chi connectivity index (χ3n) is 1.67. The molecule has 0 unspecified atom stereocenters. The first-order valence-electron chi connectivity index (χ1n) is 3.45. The number of hydrogen-bond donors (Lipinski definition) is 1. The van der Waals surface area contributed by atoms with Crippen molar-refractivity contribution in [1.29, 1.82) is 0 Å². The summed E-state index contributed by atoms with van der Waals surface area (Å²) in [7, 11) is 0. The Morgan fingerprint density at radius 1 is 1.33 bits per heavy atom. The third-order valence-corrected chi connectivity index (χ3v) is 1.67. The monoisotopic (exact) mass is 127 g/mol. The molecule has 1 N–H and O–H groups in total. The van der Waals surface area contributed by atoms with E-state index in [1.165, 1.54) is 25.9 Å². The Kier molecular flexibility index (Phi) is 2.58. The van der Waals surface area contributed by atoms with Crippen LogP contribution in [-0.2, 0) is 0 Å². The van der Waals surface area contributed by atoms with Crippen LogP contribution in [0.2, 0.25) is 0 Å². The summed E-state index contributed by atoms with van der Waals surface area (Å²) < 4.78 is 0. The molecule has 1 fully saturated rings. The van der Waals surface area contributed by atoms with Crippen LogP contribution in [0.5, 0.6) is 0 Å². The molecular formula is C7H13NO. The van der Waals surface area contributed by atoms with Crippen LogP contribution in [0.4, 0.5) is 0 Å². The van der Waals surface area contributed by atoms with E-state index in [9.17, 15) is 0 Å². The predicted octanol–water partition coefficient (Wildman–Crippen LogP) is 1.15. The molecule has 2 nitrogen and oxygen atoms in total. The molecular weight excluding hydrogens is 114 g/mol. The summed E-state index contributed by atoms with van der Waals surface area (Å²) in [5.74, 6) is 0. The SMILES string of the molecule is OC=CCN1CCCC1. The second-order valence-electron chi connectivity index (χ2n) is 2.39. The second-order valence-corrected chi connectivity index (χ2v) is 2.39. The van der Waals surface area contributed by atoms with Gasteiger partial charge in [-0.3, -0.25) is 4.90 Å². The molecule has 52 valence electrons. The van der Waals surface area contributed by atoms with E-state index < -0.39 is 0 Å². The van der Waals surface area contributed by atoms with Gasteiger partial charge in [-0.15, -0.1) is 0 Å². The zero-order chi connectivity index (χ0) is 6.53. The average molecular weight is 127 g/mol. The van der Waals surface area contributed by atoms with Gasteiger partial charge in [0.2, 0.25) is 0 Å². The van der Waals surface area contributed by atoms with E-state index in [2.05, 4.69) is 4.90 Å². The topological polar surface area (TPSA) is 23.5 Å². The van der Waals surface area contributed by atoms with Gasteiger partial charge < -0.3 is 5.11 Å². The van der Waals surface area contributed by atoms with Crippen molar-refractivity contribution < 1.29 is 5.11 Å². The third kappa shape index (κ3) is 2.06. The first-order valence-corrected chi connectivity index (χ1v) is 3.45. The van der Waals surface area contributed by atoms with E-state index in [1.807, 2.05) is 0 Å². The van der Waals surface area contributed by atoms with Gasteiger partial charge in [0.15, 0.2) is 0 Å². The predicted molar refractivity (Wildman–Crippen MR) is 37.4 cm³/mol. The van der Waals surface area contributed by atoms with Crippen molar-refractivity contribution in [1.82, 2.24) is 4.90 Å². The van der Waals surface area contributed by atoms with Gasteiger partial charge in [0.25, 0.3) is 0 Å². The fourth-order valence-electron chi connectivity index (χ4n) is 1.16. The number of nitrogens with zero attached hydrogens (tertiary/aromatic N) is 1. The van der Waals surface area contributed by atoms with Crippen LogP contribution in [0.3, 0.4) is 0 Å². The smallest absolute Gasteiger partial charge is 0.0764 e. The van der Waals surface area contributed by atoms with Gasteiger partial charge in [0, 0.05) is 6.54 Å². The fourth-order valence-corrected chi connectivity index (χ4v) is 1.16. The van der Waals surface area contributed by atoms with Gasteiger partial charge in [0.1, 0.15) is 0 Å². The zero-order valence-corrected chi connectivity index (χ0v) is 5.58. The maximum Gasteiger partial charge on any atom is 0.0764 e. The lowest BCUT2D eigenvalue weighted by molar-refractivity contribution is 0.371. The highest BCUT2D eigenvalue weighted by Gasteiger charge is 2.08. The van der Waals surface area contributed by atoms with Crippen molar-refractivity contribution in [3.8, 4) is 0 Å². The van der Waals surface area contributed by atoms with Crippen LogP contribution in [-0.4, -0.2) is 29.6 Å². The van der Waals surface area contributed by atoms with Crippen LogP contribution >= 0.6 is 0 Å². The fraction of sp³-hybridized carbons (Fsp3) is 0.714. The summed E-state index contributed by atoms with van der Waals surface area (Å²) in [5, 5.41) is 8.32. The van der Waals surface area contributed by atoms with E-state index in [0.29, 0.717) is 0 Å². The minimum absolute atomic E-state index is 0.913. The Morgan fingerprint density at radius 2 is 2.00 bits per heavy atom. The summed E-state index contributed by atoms with van der Waals surface area (Å²) in [4.78, 5) is 2.33. The van der Waals surface area contributed by atoms with Crippen molar-refractivity contribution in [2.45, 2.75) is 12.8 Å². The zero-order valence-electron chi connectivity index (χ0n) is 5.58. The highest BCUT2D eigenvalue weighted by molar-refractivity contribution is 4.79. The Bertz CT molecular complexity index is 95.1. The van der Waals surface area contributed by atoms with Crippen molar-refractivity contribution in [3.63, 3.8) is 0 Å². The number of rotatable bonds is 2. The molecule has 1 heterocycles. The highest BCUT2D eigenvalue weighted by atomic mass is 16.2. The molecule has 2 heteroatoms. The van der Waals surface area contributed by atoms with Crippen LogP contribution in [0.15, 0.2) is 12.3 Å². The first kappa shape index (κ1) is 6.62. The van der Waals surface area contributed by atoms with Crippen molar-refractivity contribution in [3.05, 3.63) is 12.3 Å². The van der Waals surface area contributed by atoms with E-state index in [-0.39, 0.29) is 0 Å². The Hall–Kier alpha value is -0.500. The largest absolute Gasteiger partial charge is 0.516 e. The molecule has 1 saturated heterocycles. The van der Waals surface area contributed by atoms with Crippen LogP contribution < -0.4 is 0 Å². The van der Waals surface area contributed by atoms with Crippen LogP contribution in [0, 0.1) is 0 Å². The molecule has 0 atom stereocenters. The Balaban J connectivity index is 2.11. The van der Waals surface area contributed by atoms with E-state index in [4.69, 9.17) is 5.11 Å². The molecule has 0 saturated carbocycles. The van der Waals surface area contributed by atoms with Gasteiger partial charge in [-0.05, 0) is 32.0 Å². The Labute approximate surface area is 55.8 Å². The highest BCUT2D eigenvalue weighted by Crippen LogP contribution is 2.05. The van der Waals surface area contributed by atoms with Crippen molar-refractivity contribution in [2.24, 2.45) is 0 Å². The molecule has 0 aromatic heterocycles. The van der Waals surface area contributed by atoms with E-state index in [0.717, 1.165) is 12.8 Å². The average Bonchev–Trinajstić information content (AvgIpc) is 2.34. The van der Waals surface area contributed by atoms with Gasteiger partial charge >= 0.3 is 0 Å². The lowest BCUT2D eigenvalue weighted by atomic mass is 10.4. The second kappa shape index (κ2) is 3.51. The van der Waals surface area contributed by atoms with Gasteiger partial charge in [-0.1, -0.05) is 0 Å². The van der Waals surface area contributed by atoms with Gasteiger partial charge in [-0.25, -0.2) is 0 Å². The minimum atomic E-state index is 0.913. The van der Waals surface area contributed by atoms with E-state index >= 15 is 0 Å². The molecule has 0 amide bonds. The number of aliphatic hydroxyl groups excluding tert-OH is 1. The molecule has 9 heavy (non-hydrogen) atoms. The maximum atomic E-state index is 8.32. The molecule has 0 aromatic rings. The number of aliphatic hydroxyl groups is 1.